The van der Waals surface area contributed by atoms with Gasteiger partial charge in [0, 0.05) is 12.0 Å². The van der Waals surface area contributed by atoms with Crippen LogP contribution in [0.4, 0.5) is 0 Å². The highest BCUT2D eigenvalue weighted by Crippen LogP contribution is 2.24. The van der Waals surface area contributed by atoms with E-state index < -0.39 is 0 Å². The number of ether oxygens (including phenoxy) is 2. The van der Waals surface area contributed by atoms with Crippen molar-refractivity contribution in [2.75, 3.05) is 20.8 Å². The van der Waals surface area contributed by atoms with Crippen LogP contribution in [-0.2, 0) is 13.0 Å². The van der Waals surface area contributed by atoms with Gasteiger partial charge in [0.1, 0.15) is 11.5 Å². The number of hydrogen-bond acceptors (Lipinski definition) is 6. The van der Waals surface area contributed by atoms with E-state index in [1.54, 1.807) is 18.9 Å². The Kier molecular flexibility index (Phi) is 4.30. The van der Waals surface area contributed by atoms with Gasteiger partial charge in [-0.3, -0.25) is 0 Å². The second kappa shape index (κ2) is 6.14. The van der Waals surface area contributed by atoms with Gasteiger partial charge in [-0.1, -0.05) is 0 Å². The van der Waals surface area contributed by atoms with Crippen LogP contribution in [0, 0.1) is 0 Å². The summed E-state index contributed by atoms with van der Waals surface area (Å²) in [4.78, 5) is 0. The second-order valence-electron chi connectivity index (χ2n) is 3.97. The van der Waals surface area contributed by atoms with E-state index in [1.807, 2.05) is 18.2 Å². The monoisotopic (exact) mass is 263 g/mol. The van der Waals surface area contributed by atoms with Crippen molar-refractivity contribution in [2.45, 2.75) is 13.0 Å². The fourth-order valence-corrected chi connectivity index (χ4v) is 1.82. The van der Waals surface area contributed by atoms with E-state index in [1.165, 1.54) is 0 Å². The van der Waals surface area contributed by atoms with Crippen LogP contribution >= 0.6 is 0 Å². The molecule has 2 aromatic rings. The van der Waals surface area contributed by atoms with Crippen molar-refractivity contribution in [3.05, 3.63) is 29.6 Å². The van der Waals surface area contributed by atoms with Crippen molar-refractivity contribution in [1.82, 2.24) is 20.2 Å². The molecule has 0 aliphatic rings. The van der Waals surface area contributed by atoms with Crippen LogP contribution in [0.2, 0.25) is 0 Å². The fourth-order valence-electron chi connectivity index (χ4n) is 1.82. The molecule has 0 radical (unpaired) electrons. The summed E-state index contributed by atoms with van der Waals surface area (Å²) >= 11 is 0. The Morgan fingerprint density at radius 1 is 1.26 bits per heavy atom. The second-order valence-corrected chi connectivity index (χ2v) is 3.97. The Balaban J connectivity index is 2.28. The number of tetrazole rings is 1. The van der Waals surface area contributed by atoms with E-state index in [4.69, 9.17) is 15.2 Å². The van der Waals surface area contributed by atoms with Crippen LogP contribution in [0.1, 0.15) is 11.4 Å². The van der Waals surface area contributed by atoms with E-state index >= 15 is 0 Å². The molecule has 2 rings (SSSR count). The summed E-state index contributed by atoms with van der Waals surface area (Å²) in [6.45, 7) is 1.03. The topological polar surface area (TPSA) is 88.1 Å². The zero-order valence-corrected chi connectivity index (χ0v) is 11.0. The molecule has 0 fully saturated rings. The SMILES string of the molecule is COc1ccc(OC)c(Cn2nnnc2CCN)c1. The van der Waals surface area contributed by atoms with Crippen LogP contribution < -0.4 is 15.2 Å². The third-order valence-corrected chi connectivity index (χ3v) is 2.78. The summed E-state index contributed by atoms with van der Waals surface area (Å²) in [5.41, 5.74) is 6.48. The van der Waals surface area contributed by atoms with Gasteiger partial charge in [0.2, 0.25) is 0 Å². The molecule has 1 aromatic heterocycles. The summed E-state index contributed by atoms with van der Waals surface area (Å²) in [7, 11) is 3.26. The molecule has 7 heteroatoms. The smallest absolute Gasteiger partial charge is 0.152 e. The first kappa shape index (κ1) is 13.3. The third-order valence-electron chi connectivity index (χ3n) is 2.78. The average Bonchev–Trinajstić information content (AvgIpc) is 2.86. The van der Waals surface area contributed by atoms with Gasteiger partial charge in [0.25, 0.3) is 0 Å². The van der Waals surface area contributed by atoms with E-state index in [-0.39, 0.29) is 0 Å². The molecular formula is C12H17N5O2. The van der Waals surface area contributed by atoms with Crippen molar-refractivity contribution >= 4 is 0 Å². The first-order valence-electron chi connectivity index (χ1n) is 5.94. The molecular weight excluding hydrogens is 246 g/mol. The fraction of sp³-hybridized carbons (Fsp3) is 0.417. The predicted molar refractivity (Wildman–Crippen MR) is 69.2 cm³/mol. The molecule has 1 heterocycles. The van der Waals surface area contributed by atoms with E-state index in [0.717, 1.165) is 22.9 Å². The summed E-state index contributed by atoms with van der Waals surface area (Å²) < 4.78 is 12.3. The molecule has 0 amide bonds. The Bertz CT molecular complexity index is 541. The quantitative estimate of drug-likeness (QED) is 0.803. The molecule has 2 N–H and O–H groups in total. The molecule has 0 bridgehead atoms. The molecule has 0 atom stereocenters. The van der Waals surface area contributed by atoms with Gasteiger partial charge in [-0.05, 0) is 35.2 Å². The Morgan fingerprint density at radius 3 is 2.79 bits per heavy atom. The van der Waals surface area contributed by atoms with Gasteiger partial charge in [0.15, 0.2) is 5.82 Å². The minimum Gasteiger partial charge on any atom is -0.497 e. The molecule has 0 saturated heterocycles. The number of aromatic nitrogens is 4. The number of rotatable bonds is 6. The van der Waals surface area contributed by atoms with Crippen LogP contribution in [0.25, 0.3) is 0 Å². The molecule has 0 aliphatic heterocycles. The van der Waals surface area contributed by atoms with Crippen molar-refractivity contribution < 1.29 is 9.47 Å². The van der Waals surface area contributed by atoms with Crippen molar-refractivity contribution in [3.63, 3.8) is 0 Å². The lowest BCUT2D eigenvalue weighted by molar-refractivity contribution is 0.396. The van der Waals surface area contributed by atoms with Gasteiger partial charge < -0.3 is 15.2 Å². The van der Waals surface area contributed by atoms with Crippen LogP contribution in [0.3, 0.4) is 0 Å². The summed E-state index contributed by atoms with van der Waals surface area (Å²) in [5, 5.41) is 11.6. The van der Waals surface area contributed by atoms with Crippen molar-refractivity contribution in [3.8, 4) is 11.5 Å². The lowest BCUT2D eigenvalue weighted by Crippen LogP contribution is -2.12. The first-order valence-corrected chi connectivity index (χ1v) is 5.94. The maximum absolute atomic E-state index is 5.53. The molecule has 102 valence electrons. The van der Waals surface area contributed by atoms with Crippen molar-refractivity contribution in [2.24, 2.45) is 5.73 Å². The van der Waals surface area contributed by atoms with Gasteiger partial charge in [-0.25, -0.2) is 4.68 Å². The van der Waals surface area contributed by atoms with Gasteiger partial charge >= 0.3 is 0 Å². The molecule has 19 heavy (non-hydrogen) atoms. The normalized spacial score (nSPS) is 10.5. The third kappa shape index (κ3) is 3.00. The largest absolute Gasteiger partial charge is 0.497 e. The highest BCUT2D eigenvalue weighted by molar-refractivity contribution is 5.40. The average molecular weight is 263 g/mol. The number of methoxy groups -OCH3 is 2. The molecule has 0 aliphatic carbocycles. The standard InChI is InChI=1S/C12H17N5O2/c1-18-10-3-4-11(19-2)9(7-10)8-17-12(5-6-13)14-15-16-17/h3-4,7H,5-6,8,13H2,1-2H3. The van der Waals surface area contributed by atoms with Gasteiger partial charge in [-0.2, -0.15) is 0 Å². The lowest BCUT2D eigenvalue weighted by Gasteiger charge is -2.11. The number of nitrogens with zero attached hydrogens (tertiary/aromatic N) is 4. The minimum absolute atomic E-state index is 0.510. The van der Waals surface area contributed by atoms with Crippen molar-refractivity contribution in [1.29, 1.82) is 0 Å². The van der Waals surface area contributed by atoms with Crippen LogP contribution in [0.5, 0.6) is 11.5 Å². The van der Waals surface area contributed by atoms with E-state index in [0.29, 0.717) is 19.5 Å². The summed E-state index contributed by atoms with van der Waals surface area (Å²) in [6.07, 6.45) is 0.638. The lowest BCUT2D eigenvalue weighted by atomic mass is 10.2. The van der Waals surface area contributed by atoms with Crippen LogP contribution in [0.15, 0.2) is 18.2 Å². The highest BCUT2D eigenvalue weighted by Gasteiger charge is 2.10. The Hall–Kier alpha value is -2.15. The van der Waals surface area contributed by atoms with E-state index in [2.05, 4.69) is 15.5 Å². The molecule has 0 unspecified atom stereocenters. The number of benzene rings is 1. The molecule has 7 nitrogen and oxygen atoms in total. The zero-order chi connectivity index (χ0) is 13.7. The number of hydrogen-bond donors (Lipinski definition) is 1. The zero-order valence-electron chi connectivity index (χ0n) is 11.0. The summed E-state index contributed by atoms with van der Waals surface area (Å²) in [6, 6.07) is 5.62. The predicted octanol–water partition coefficient (Wildman–Crippen LogP) is 0.240. The first-order chi connectivity index (χ1) is 9.28. The maximum atomic E-state index is 5.53. The molecule has 0 spiro atoms. The highest BCUT2D eigenvalue weighted by atomic mass is 16.5. The van der Waals surface area contributed by atoms with Crippen LogP contribution in [-0.4, -0.2) is 41.0 Å². The minimum atomic E-state index is 0.510. The number of nitrogens with two attached hydrogens (primary N) is 1. The Labute approximate surface area is 111 Å². The van der Waals surface area contributed by atoms with E-state index in [9.17, 15) is 0 Å². The maximum Gasteiger partial charge on any atom is 0.152 e. The van der Waals surface area contributed by atoms with Gasteiger partial charge in [-0.15, -0.1) is 5.10 Å². The Morgan fingerprint density at radius 2 is 2.11 bits per heavy atom. The molecule has 0 saturated carbocycles. The summed E-state index contributed by atoms with van der Waals surface area (Å²) in [5.74, 6) is 2.30. The molecule has 1 aromatic carbocycles. The van der Waals surface area contributed by atoms with Gasteiger partial charge in [0.05, 0.1) is 20.8 Å².